The van der Waals surface area contributed by atoms with Crippen LogP contribution in [0.4, 0.5) is 4.39 Å². The van der Waals surface area contributed by atoms with Crippen LogP contribution < -0.4 is 15.7 Å². The average molecular weight is 439 g/mol. The van der Waals surface area contributed by atoms with Crippen molar-refractivity contribution in [2.24, 2.45) is 0 Å². The van der Waals surface area contributed by atoms with Crippen molar-refractivity contribution in [2.45, 2.75) is 26.2 Å². The van der Waals surface area contributed by atoms with E-state index in [9.17, 15) is 18.8 Å². The highest BCUT2D eigenvalue weighted by Crippen LogP contribution is 2.15. The number of methoxy groups -OCH3 is 1. The SMILES string of the molecule is COc1ccc(CNC(=O)Cn2nc3n(c2=O)CCN(Cc2ccccc2F)C3=O)cc1. The van der Waals surface area contributed by atoms with Crippen LogP contribution in [0.2, 0.25) is 0 Å². The molecule has 166 valence electrons. The molecular weight excluding hydrogens is 417 g/mol. The van der Waals surface area contributed by atoms with E-state index in [1.54, 1.807) is 37.4 Å². The number of amides is 2. The standard InChI is InChI=1S/C22H22FN5O4/c1-32-17-8-6-15(7-9-17)12-24-19(29)14-28-22(31)27-11-10-26(21(30)20(27)25-28)13-16-4-2-3-5-18(16)23/h2-9H,10-14H2,1H3,(H,24,29). The first-order chi connectivity index (χ1) is 15.5. The van der Waals surface area contributed by atoms with Gasteiger partial charge in [0.25, 0.3) is 5.91 Å². The zero-order valence-electron chi connectivity index (χ0n) is 17.5. The van der Waals surface area contributed by atoms with Gasteiger partial charge >= 0.3 is 5.69 Å². The predicted octanol–water partition coefficient (Wildman–Crippen LogP) is 1.16. The van der Waals surface area contributed by atoms with E-state index < -0.39 is 23.3 Å². The summed E-state index contributed by atoms with van der Waals surface area (Å²) in [7, 11) is 1.57. The highest BCUT2D eigenvalue weighted by molar-refractivity contribution is 5.91. The van der Waals surface area contributed by atoms with E-state index in [-0.39, 0.29) is 38.5 Å². The molecule has 2 aromatic carbocycles. The summed E-state index contributed by atoms with van der Waals surface area (Å²) in [6.45, 7) is 0.516. The minimum atomic E-state index is -0.529. The van der Waals surface area contributed by atoms with E-state index in [0.717, 1.165) is 10.2 Å². The molecule has 0 unspecified atom stereocenters. The molecule has 1 N–H and O–H groups in total. The molecule has 9 nitrogen and oxygen atoms in total. The molecule has 32 heavy (non-hydrogen) atoms. The molecule has 2 heterocycles. The zero-order valence-corrected chi connectivity index (χ0v) is 17.5. The molecule has 10 heteroatoms. The molecular formula is C22H22FN5O4. The van der Waals surface area contributed by atoms with Crippen molar-refractivity contribution in [2.75, 3.05) is 13.7 Å². The Labute approximate surface area is 183 Å². The summed E-state index contributed by atoms with van der Waals surface area (Å²) >= 11 is 0. The van der Waals surface area contributed by atoms with E-state index in [4.69, 9.17) is 4.74 Å². The maximum absolute atomic E-state index is 13.9. The topological polar surface area (TPSA) is 98.5 Å². The molecule has 1 aliphatic rings. The van der Waals surface area contributed by atoms with Gasteiger partial charge in [-0.25, -0.2) is 13.9 Å². The molecule has 0 saturated carbocycles. The van der Waals surface area contributed by atoms with E-state index >= 15 is 0 Å². The molecule has 0 spiro atoms. The number of aromatic nitrogens is 3. The summed E-state index contributed by atoms with van der Waals surface area (Å²) in [6.07, 6.45) is 0. The third-order valence-electron chi connectivity index (χ3n) is 5.26. The van der Waals surface area contributed by atoms with E-state index in [1.807, 2.05) is 12.1 Å². The lowest BCUT2D eigenvalue weighted by atomic mass is 10.2. The summed E-state index contributed by atoms with van der Waals surface area (Å²) in [5, 5.41) is 6.79. The molecule has 0 bridgehead atoms. The lowest BCUT2D eigenvalue weighted by molar-refractivity contribution is -0.122. The number of fused-ring (bicyclic) bond motifs is 1. The summed E-state index contributed by atoms with van der Waals surface area (Å²) in [5.41, 5.74) is 0.724. The third-order valence-corrected chi connectivity index (χ3v) is 5.26. The van der Waals surface area contributed by atoms with Crippen molar-refractivity contribution >= 4 is 11.8 Å². The Hall–Kier alpha value is -3.95. The Bertz CT molecular complexity index is 1200. The fraction of sp³-hybridized carbons (Fsp3) is 0.273. The summed E-state index contributed by atoms with van der Waals surface area (Å²) < 4.78 is 21.3. The first-order valence-electron chi connectivity index (χ1n) is 10.1. The zero-order chi connectivity index (χ0) is 22.7. The van der Waals surface area contributed by atoms with Crippen LogP contribution in [0.15, 0.2) is 53.3 Å². The van der Waals surface area contributed by atoms with Gasteiger partial charge in [0.2, 0.25) is 11.7 Å². The Balaban J connectivity index is 1.41. The van der Waals surface area contributed by atoms with Crippen LogP contribution in [0.1, 0.15) is 21.7 Å². The average Bonchev–Trinajstić information content (AvgIpc) is 3.12. The number of rotatable bonds is 7. The van der Waals surface area contributed by atoms with Crippen LogP contribution in [-0.2, 0) is 31.0 Å². The van der Waals surface area contributed by atoms with Crippen molar-refractivity contribution < 1.29 is 18.7 Å². The molecule has 4 rings (SSSR count). The second-order valence-electron chi connectivity index (χ2n) is 7.36. The fourth-order valence-corrected chi connectivity index (χ4v) is 3.49. The van der Waals surface area contributed by atoms with Crippen molar-refractivity contribution in [3.8, 4) is 5.75 Å². The number of nitrogens with one attached hydrogen (secondary N) is 1. The van der Waals surface area contributed by atoms with Crippen LogP contribution in [0.3, 0.4) is 0 Å². The van der Waals surface area contributed by atoms with Crippen molar-refractivity contribution in [3.63, 3.8) is 0 Å². The molecule has 2 amide bonds. The lowest BCUT2D eigenvalue weighted by Crippen LogP contribution is -2.42. The summed E-state index contributed by atoms with van der Waals surface area (Å²) in [6, 6.07) is 13.4. The first-order valence-corrected chi connectivity index (χ1v) is 10.1. The van der Waals surface area contributed by atoms with E-state index in [2.05, 4.69) is 10.4 Å². The largest absolute Gasteiger partial charge is 0.497 e. The minimum Gasteiger partial charge on any atom is -0.497 e. The highest BCUT2D eigenvalue weighted by Gasteiger charge is 2.30. The second kappa shape index (κ2) is 9.04. The van der Waals surface area contributed by atoms with Gasteiger partial charge in [0.15, 0.2) is 0 Å². The molecule has 1 aliphatic heterocycles. The monoisotopic (exact) mass is 439 g/mol. The molecule has 3 aromatic rings. The number of nitrogens with zero attached hydrogens (tertiary/aromatic N) is 4. The van der Waals surface area contributed by atoms with Crippen molar-refractivity contribution in [1.82, 2.24) is 24.6 Å². The van der Waals surface area contributed by atoms with Gasteiger partial charge < -0.3 is 15.0 Å². The Morgan fingerprint density at radius 2 is 1.88 bits per heavy atom. The van der Waals surface area contributed by atoms with Crippen LogP contribution in [0.25, 0.3) is 0 Å². The van der Waals surface area contributed by atoms with Gasteiger partial charge in [-0.3, -0.25) is 14.2 Å². The van der Waals surface area contributed by atoms with Crippen LogP contribution in [0, 0.1) is 5.82 Å². The lowest BCUT2D eigenvalue weighted by Gasteiger charge is -2.26. The summed E-state index contributed by atoms with van der Waals surface area (Å²) in [4.78, 5) is 39.2. The normalized spacial score (nSPS) is 13.1. The van der Waals surface area contributed by atoms with Gasteiger partial charge in [-0.15, -0.1) is 5.10 Å². The molecule has 0 saturated heterocycles. The Morgan fingerprint density at radius 1 is 1.12 bits per heavy atom. The number of ether oxygens (including phenoxy) is 1. The van der Waals surface area contributed by atoms with Crippen molar-refractivity contribution in [3.05, 3.63) is 81.8 Å². The number of hydrogen-bond donors (Lipinski definition) is 1. The maximum atomic E-state index is 13.9. The summed E-state index contributed by atoms with van der Waals surface area (Å²) in [5.74, 6) is -0.630. The van der Waals surface area contributed by atoms with E-state index in [0.29, 0.717) is 11.3 Å². The van der Waals surface area contributed by atoms with Gasteiger partial charge in [0.1, 0.15) is 18.1 Å². The minimum absolute atomic E-state index is 0.0551. The van der Waals surface area contributed by atoms with Gasteiger partial charge in [-0.05, 0) is 23.8 Å². The van der Waals surface area contributed by atoms with Crippen LogP contribution in [-0.4, -0.2) is 44.7 Å². The van der Waals surface area contributed by atoms with Crippen molar-refractivity contribution in [1.29, 1.82) is 0 Å². The first kappa shape index (κ1) is 21.3. The van der Waals surface area contributed by atoms with Gasteiger partial charge in [0, 0.05) is 31.7 Å². The third kappa shape index (κ3) is 4.39. The second-order valence-corrected chi connectivity index (χ2v) is 7.36. The van der Waals surface area contributed by atoms with Crippen LogP contribution >= 0.6 is 0 Å². The number of benzene rings is 2. The molecule has 0 atom stereocenters. The van der Waals surface area contributed by atoms with Gasteiger partial charge in [-0.1, -0.05) is 30.3 Å². The number of carbonyl (C=O) groups is 2. The molecule has 0 aliphatic carbocycles. The van der Waals surface area contributed by atoms with Gasteiger partial charge in [-0.2, -0.15) is 0 Å². The molecule has 0 fully saturated rings. The number of carbonyl (C=O) groups excluding carboxylic acids is 2. The predicted molar refractivity (Wildman–Crippen MR) is 112 cm³/mol. The Kier molecular flexibility index (Phi) is 6.02. The van der Waals surface area contributed by atoms with E-state index in [1.165, 1.54) is 15.5 Å². The molecule has 0 radical (unpaired) electrons. The number of hydrogen-bond acceptors (Lipinski definition) is 5. The van der Waals surface area contributed by atoms with Crippen LogP contribution in [0.5, 0.6) is 5.75 Å². The number of halogens is 1. The Morgan fingerprint density at radius 3 is 2.59 bits per heavy atom. The molecule has 1 aromatic heterocycles. The fourth-order valence-electron chi connectivity index (χ4n) is 3.49. The quantitative estimate of drug-likeness (QED) is 0.596. The van der Waals surface area contributed by atoms with Gasteiger partial charge in [0.05, 0.1) is 7.11 Å². The smallest absolute Gasteiger partial charge is 0.346 e. The maximum Gasteiger partial charge on any atom is 0.346 e. The highest BCUT2D eigenvalue weighted by atomic mass is 19.1.